The molecule has 1 rings (SSSR count). The molecule has 0 bridgehead atoms. The van der Waals surface area contributed by atoms with Crippen molar-refractivity contribution in [2.24, 2.45) is 5.73 Å². The van der Waals surface area contributed by atoms with Gasteiger partial charge in [0.1, 0.15) is 5.82 Å². The number of halogens is 2. The summed E-state index contributed by atoms with van der Waals surface area (Å²) >= 11 is 0. The third kappa shape index (κ3) is 3.91. The smallest absolute Gasteiger partial charge is 0.163 e. The molecule has 0 saturated carbocycles. The van der Waals surface area contributed by atoms with Crippen molar-refractivity contribution in [3.05, 3.63) is 35.7 Å². The first-order valence-electron chi connectivity index (χ1n) is 4.92. The Morgan fingerprint density at radius 3 is 2.65 bits per heavy atom. The van der Waals surface area contributed by atoms with E-state index in [0.717, 1.165) is 11.6 Å². The van der Waals surface area contributed by atoms with Gasteiger partial charge in [0, 0.05) is 17.7 Å². The quantitative estimate of drug-likeness (QED) is 0.820. The first-order valence-corrected chi connectivity index (χ1v) is 4.92. The molecule has 0 fully saturated rings. The van der Waals surface area contributed by atoms with Crippen molar-refractivity contribution in [2.75, 3.05) is 7.11 Å². The van der Waals surface area contributed by atoms with Crippen LogP contribution in [0.4, 0.5) is 4.39 Å². The summed E-state index contributed by atoms with van der Waals surface area (Å²) in [5.74, 6) is -0.508. The van der Waals surface area contributed by atoms with E-state index in [-0.39, 0.29) is 23.9 Å². The van der Waals surface area contributed by atoms with E-state index < -0.39 is 11.9 Å². The van der Waals surface area contributed by atoms with Gasteiger partial charge in [-0.1, -0.05) is 5.57 Å². The largest absolute Gasteiger partial charge is 0.504 e. The van der Waals surface area contributed by atoms with E-state index >= 15 is 0 Å². The number of rotatable bonds is 4. The number of hydrogen-bond donors (Lipinski definition) is 2. The fraction of sp³-hybridized carbons (Fsp3) is 0.333. The van der Waals surface area contributed by atoms with E-state index in [4.69, 9.17) is 10.5 Å². The van der Waals surface area contributed by atoms with Gasteiger partial charge in [-0.3, -0.25) is 0 Å². The Hall–Kier alpha value is -1.26. The van der Waals surface area contributed by atoms with Crippen molar-refractivity contribution in [1.29, 1.82) is 0 Å². The van der Waals surface area contributed by atoms with E-state index in [2.05, 4.69) is 6.58 Å². The Balaban J connectivity index is 0.00000256. The van der Waals surface area contributed by atoms with Gasteiger partial charge in [0.2, 0.25) is 0 Å². The minimum absolute atomic E-state index is 0. The van der Waals surface area contributed by atoms with Crippen LogP contribution in [-0.2, 0) is 0 Å². The molecule has 0 aromatic heterocycles. The zero-order valence-corrected chi connectivity index (χ0v) is 10.7. The molecule has 5 heteroatoms. The molecule has 1 aromatic carbocycles. The average Bonchev–Trinajstić information content (AvgIpc) is 2.19. The van der Waals surface area contributed by atoms with Crippen LogP contribution >= 0.6 is 12.4 Å². The lowest BCUT2D eigenvalue weighted by Gasteiger charge is -2.15. The predicted octanol–water partition coefficient (Wildman–Crippen LogP) is 2.93. The van der Waals surface area contributed by atoms with Crippen LogP contribution in [0.25, 0.3) is 0 Å². The Labute approximate surface area is 106 Å². The van der Waals surface area contributed by atoms with Crippen LogP contribution in [-0.4, -0.2) is 12.2 Å². The van der Waals surface area contributed by atoms with Gasteiger partial charge in [0.05, 0.1) is 7.11 Å². The highest BCUT2D eigenvalue weighted by Crippen LogP contribution is 2.35. The fourth-order valence-corrected chi connectivity index (χ4v) is 1.52. The van der Waals surface area contributed by atoms with Gasteiger partial charge in [-0.2, -0.15) is 0 Å². The number of benzene rings is 1. The molecule has 0 heterocycles. The zero-order chi connectivity index (χ0) is 12.3. The SMILES string of the molecule is C=C(C)C[C@@H](N)c1cc(F)cc(OC)c1O.Cl. The number of ether oxygens (including phenoxy) is 1. The Morgan fingerprint density at radius 2 is 2.18 bits per heavy atom. The first kappa shape index (κ1) is 15.7. The summed E-state index contributed by atoms with van der Waals surface area (Å²) in [5, 5.41) is 9.80. The van der Waals surface area contributed by atoms with Crippen LogP contribution in [0.2, 0.25) is 0 Å². The Kier molecular flexibility index (Phi) is 5.99. The predicted molar refractivity (Wildman–Crippen MR) is 68.2 cm³/mol. The van der Waals surface area contributed by atoms with Crippen LogP contribution in [0.3, 0.4) is 0 Å². The summed E-state index contributed by atoms with van der Waals surface area (Å²) in [6.07, 6.45) is 0.486. The van der Waals surface area contributed by atoms with Crippen molar-refractivity contribution >= 4 is 12.4 Å². The normalized spacial score (nSPS) is 11.5. The highest BCUT2D eigenvalue weighted by molar-refractivity contribution is 5.85. The molecule has 1 atom stereocenters. The lowest BCUT2D eigenvalue weighted by Crippen LogP contribution is -2.11. The van der Waals surface area contributed by atoms with Gasteiger partial charge in [-0.25, -0.2) is 4.39 Å². The van der Waals surface area contributed by atoms with E-state index in [1.165, 1.54) is 13.2 Å². The molecule has 0 amide bonds. The molecule has 0 aliphatic heterocycles. The molecule has 0 aliphatic rings. The number of phenolic OH excluding ortho intramolecular Hbond substituents is 1. The van der Waals surface area contributed by atoms with E-state index in [9.17, 15) is 9.50 Å². The standard InChI is InChI=1S/C12H16FNO2.ClH/c1-7(2)4-10(14)9-5-8(13)6-11(16-3)12(9)15;/h5-6,10,15H,1,4,14H2,2-3H3;1H/t10-;/m1./s1. The molecule has 3 N–H and O–H groups in total. The molecule has 0 spiro atoms. The molecular weight excluding hydrogens is 245 g/mol. The van der Waals surface area contributed by atoms with Gasteiger partial charge in [0.25, 0.3) is 0 Å². The molecule has 0 radical (unpaired) electrons. The maximum atomic E-state index is 13.2. The topological polar surface area (TPSA) is 55.5 Å². The van der Waals surface area contributed by atoms with E-state index in [1.54, 1.807) is 0 Å². The number of phenols is 1. The maximum Gasteiger partial charge on any atom is 0.163 e. The van der Waals surface area contributed by atoms with E-state index in [1.807, 2.05) is 6.92 Å². The fourth-order valence-electron chi connectivity index (χ4n) is 1.52. The first-order chi connectivity index (χ1) is 7.45. The molecule has 0 aliphatic carbocycles. The molecule has 0 saturated heterocycles. The van der Waals surface area contributed by atoms with Crippen molar-refractivity contribution in [3.8, 4) is 11.5 Å². The molecule has 17 heavy (non-hydrogen) atoms. The minimum Gasteiger partial charge on any atom is -0.504 e. The summed E-state index contributed by atoms with van der Waals surface area (Å²) < 4.78 is 18.1. The number of methoxy groups -OCH3 is 1. The average molecular weight is 262 g/mol. The minimum atomic E-state index is -0.484. The highest BCUT2D eigenvalue weighted by atomic mass is 35.5. The molecule has 3 nitrogen and oxygen atoms in total. The van der Waals surface area contributed by atoms with Crippen LogP contribution in [0.5, 0.6) is 11.5 Å². The van der Waals surface area contributed by atoms with Crippen molar-refractivity contribution in [2.45, 2.75) is 19.4 Å². The van der Waals surface area contributed by atoms with Crippen molar-refractivity contribution in [1.82, 2.24) is 0 Å². The summed E-state index contributed by atoms with van der Waals surface area (Å²) in [4.78, 5) is 0. The maximum absolute atomic E-state index is 13.2. The summed E-state index contributed by atoms with van der Waals surface area (Å²) in [6, 6.07) is 1.85. The Bertz CT molecular complexity index is 410. The summed E-state index contributed by atoms with van der Waals surface area (Å²) in [6.45, 7) is 5.56. The van der Waals surface area contributed by atoms with Crippen LogP contribution in [0.15, 0.2) is 24.3 Å². The molecular formula is C12H17ClFNO2. The second-order valence-electron chi connectivity index (χ2n) is 3.81. The third-order valence-electron chi connectivity index (χ3n) is 2.26. The highest BCUT2D eigenvalue weighted by Gasteiger charge is 2.16. The third-order valence-corrected chi connectivity index (χ3v) is 2.26. The van der Waals surface area contributed by atoms with Crippen LogP contribution in [0, 0.1) is 5.82 Å². The lowest BCUT2D eigenvalue weighted by atomic mass is 10.00. The van der Waals surface area contributed by atoms with Gasteiger partial charge in [-0.05, 0) is 19.4 Å². The van der Waals surface area contributed by atoms with Gasteiger partial charge < -0.3 is 15.6 Å². The lowest BCUT2D eigenvalue weighted by molar-refractivity contribution is 0.365. The van der Waals surface area contributed by atoms with Crippen LogP contribution < -0.4 is 10.5 Å². The number of nitrogens with two attached hydrogens (primary N) is 1. The van der Waals surface area contributed by atoms with Gasteiger partial charge in [-0.15, -0.1) is 19.0 Å². The molecule has 1 aromatic rings. The summed E-state index contributed by atoms with van der Waals surface area (Å²) in [5.41, 5.74) is 7.05. The second kappa shape index (κ2) is 6.47. The number of aromatic hydroxyl groups is 1. The Morgan fingerprint density at radius 1 is 1.59 bits per heavy atom. The van der Waals surface area contributed by atoms with Gasteiger partial charge in [0.15, 0.2) is 11.5 Å². The summed E-state index contributed by atoms with van der Waals surface area (Å²) in [7, 11) is 1.36. The second-order valence-corrected chi connectivity index (χ2v) is 3.81. The monoisotopic (exact) mass is 261 g/mol. The van der Waals surface area contributed by atoms with Gasteiger partial charge >= 0.3 is 0 Å². The molecule has 96 valence electrons. The van der Waals surface area contributed by atoms with Crippen LogP contribution in [0.1, 0.15) is 24.9 Å². The van der Waals surface area contributed by atoms with Crippen molar-refractivity contribution < 1.29 is 14.2 Å². The number of hydrogen-bond acceptors (Lipinski definition) is 3. The zero-order valence-electron chi connectivity index (χ0n) is 9.87. The molecule has 0 unspecified atom stereocenters. The van der Waals surface area contributed by atoms with E-state index in [0.29, 0.717) is 12.0 Å². The van der Waals surface area contributed by atoms with Crippen molar-refractivity contribution in [3.63, 3.8) is 0 Å².